The van der Waals surface area contributed by atoms with Gasteiger partial charge in [0, 0.05) is 37.5 Å². The number of hydrogen-bond acceptors (Lipinski definition) is 3. The summed E-state index contributed by atoms with van der Waals surface area (Å²) >= 11 is 0. The van der Waals surface area contributed by atoms with Gasteiger partial charge in [0.15, 0.2) is 0 Å². The van der Waals surface area contributed by atoms with Gasteiger partial charge >= 0.3 is 0 Å². The number of hydrogen-bond donors (Lipinski definition) is 1. The Balaban J connectivity index is 1.36. The topological polar surface area (TPSA) is 43.8 Å². The highest BCUT2D eigenvalue weighted by Crippen LogP contribution is 2.43. The van der Waals surface area contributed by atoms with Crippen LogP contribution in [-0.4, -0.2) is 59.6 Å². The Bertz CT molecular complexity index is 725. The molecule has 4 rings (SSSR count). The molecule has 1 aromatic rings. The van der Waals surface area contributed by atoms with Gasteiger partial charge in [-0.3, -0.25) is 9.69 Å². The molecular weight excluding hydrogens is 348 g/mol. The fraction of sp³-hybridized carbons (Fsp3) is 0.625. The number of rotatable bonds is 6. The van der Waals surface area contributed by atoms with E-state index in [0.717, 1.165) is 45.4 Å². The van der Waals surface area contributed by atoms with Gasteiger partial charge in [0.1, 0.15) is 0 Å². The van der Waals surface area contributed by atoms with Gasteiger partial charge in [-0.25, -0.2) is 0 Å². The molecule has 152 valence electrons. The van der Waals surface area contributed by atoms with Gasteiger partial charge in [-0.15, -0.1) is 0 Å². The maximum absolute atomic E-state index is 12.4. The van der Waals surface area contributed by atoms with Crippen LogP contribution < -0.4 is 0 Å². The number of fused-ring (bicyclic) bond motifs is 1. The summed E-state index contributed by atoms with van der Waals surface area (Å²) in [6.07, 6.45) is 6.87. The van der Waals surface area contributed by atoms with Gasteiger partial charge in [-0.2, -0.15) is 0 Å². The first-order valence-corrected chi connectivity index (χ1v) is 11.0. The highest BCUT2D eigenvalue weighted by Gasteiger charge is 2.40. The zero-order chi connectivity index (χ0) is 19.7. The van der Waals surface area contributed by atoms with E-state index in [1.54, 1.807) is 0 Å². The summed E-state index contributed by atoms with van der Waals surface area (Å²) in [6, 6.07) is 9.42. The van der Waals surface area contributed by atoms with Crippen molar-refractivity contribution in [1.82, 2.24) is 9.80 Å². The molecule has 28 heavy (non-hydrogen) atoms. The Morgan fingerprint density at radius 2 is 2.00 bits per heavy atom. The number of aliphatic hydroxyl groups is 1. The Morgan fingerprint density at radius 1 is 1.21 bits per heavy atom. The molecule has 0 spiro atoms. The van der Waals surface area contributed by atoms with E-state index >= 15 is 0 Å². The maximum Gasteiger partial charge on any atom is 0.225 e. The lowest BCUT2D eigenvalue weighted by Gasteiger charge is -2.22. The summed E-state index contributed by atoms with van der Waals surface area (Å²) in [4.78, 5) is 16.9. The van der Waals surface area contributed by atoms with Crippen molar-refractivity contribution in [2.75, 3.05) is 32.8 Å². The van der Waals surface area contributed by atoms with Crippen molar-refractivity contribution in [2.24, 2.45) is 17.8 Å². The van der Waals surface area contributed by atoms with Gasteiger partial charge in [0.25, 0.3) is 0 Å². The third kappa shape index (κ3) is 3.90. The molecule has 2 unspecified atom stereocenters. The smallest absolute Gasteiger partial charge is 0.225 e. The standard InChI is InChI=1S/C24H34N2O2/c1-17(2)24(28)26-14-20-9-10-22(23(20)15-26)19-7-5-18(6-8-19)11-13-25-12-3-4-21(25)16-27/h5-8,10,17,20-21,23,27H,3-4,9,11-16H2,1-2H3/t20?,21-,23?/m0/s1. The molecule has 1 N–H and O–H groups in total. The minimum absolute atomic E-state index is 0.0894. The highest BCUT2D eigenvalue weighted by molar-refractivity contribution is 5.80. The molecule has 2 saturated heterocycles. The van der Waals surface area contributed by atoms with E-state index in [9.17, 15) is 9.90 Å². The summed E-state index contributed by atoms with van der Waals surface area (Å²) < 4.78 is 0. The third-order valence-electron chi connectivity index (χ3n) is 6.97. The molecular formula is C24H34N2O2. The molecule has 0 aromatic heterocycles. The number of amides is 1. The molecule has 0 saturated carbocycles. The van der Waals surface area contributed by atoms with Crippen molar-refractivity contribution in [3.8, 4) is 0 Å². The normalized spacial score (nSPS) is 27.5. The van der Waals surface area contributed by atoms with Crippen LogP contribution in [0.4, 0.5) is 0 Å². The molecule has 2 fully saturated rings. The first-order chi connectivity index (χ1) is 13.6. The molecule has 1 aromatic carbocycles. The second kappa shape index (κ2) is 8.38. The molecule has 0 bridgehead atoms. The number of benzene rings is 1. The molecule has 4 heteroatoms. The quantitative estimate of drug-likeness (QED) is 0.822. The lowest BCUT2D eigenvalue weighted by Crippen LogP contribution is -2.33. The zero-order valence-corrected chi connectivity index (χ0v) is 17.3. The van der Waals surface area contributed by atoms with Crippen LogP contribution in [0.5, 0.6) is 0 Å². The largest absolute Gasteiger partial charge is 0.395 e. The van der Waals surface area contributed by atoms with Crippen molar-refractivity contribution in [3.05, 3.63) is 41.5 Å². The first kappa shape index (κ1) is 19.7. The summed E-state index contributed by atoms with van der Waals surface area (Å²) in [5, 5.41) is 9.48. The predicted molar refractivity (Wildman–Crippen MR) is 113 cm³/mol. The summed E-state index contributed by atoms with van der Waals surface area (Å²) in [7, 11) is 0. The van der Waals surface area contributed by atoms with Gasteiger partial charge in [0.2, 0.25) is 5.91 Å². The van der Waals surface area contributed by atoms with Crippen LogP contribution >= 0.6 is 0 Å². The van der Waals surface area contributed by atoms with E-state index in [1.807, 2.05) is 13.8 Å². The second-order valence-electron chi connectivity index (χ2n) is 9.12. The van der Waals surface area contributed by atoms with E-state index in [-0.39, 0.29) is 12.5 Å². The molecule has 1 aliphatic carbocycles. The van der Waals surface area contributed by atoms with Crippen molar-refractivity contribution < 1.29 is 9.90 Å². The Kier molecular flexibility index (Phi) is 5.88. The molecule has 3 atom stereocenters. The van der Waals surface area contributed by atoms with Crippen LogP contribution in [0.25, 0.3) is 5.57 Å². The van der Waals surface area contributed by atoms with E-state index in [2.05, 4.69) is 40.1 Å². The number of allylic oxidation sites excluding steroid dienone is 1. The van der Waals surface area contributed by atoms with Crippen LogP contribution in [0.1, 0.15) is 44.2 Å². The number of aliphatic hydroxyl groups excluding tert-OH is 1. The van der Waals surface area contributed by atoms with Gasteiger partial charge in [0.05, 0.1) is 6.61 Å². The fourth-order valence-corrected chi connectivity index (χ4v) is 5.30. The lowest BCUT2D eigenvalue weighted by atomic mass is 9.90. The monoisotopic (exact) mass is 382 g/mol. The number of carbonyl (C=O) groups excluding carboxylic acids is 1. The third-order valence-corrected chi connectivity index (χ3v) is 6.97. The van der Waals surface area contributed by atoms with Gasteiger partial charge in [-0.1, -0.05) is 44.2 Å². The number of nitrogens with zero attached hydrogens (tertiary/aromatic N) is 2. The van der Waals surface area contributed by atoms with Crippen LogP contribution in [0, 0.1) is 17.8 Å². The molecule has 2 aliphatic heterocycles. The van der Waals surface area contributed by atoms with Gasteiger partial charge < -0.3 is 10.0 Å². The summed E-state index contributed by atoms with van der Waals surface area (Å²) in [5.74, 6) is 1.49. The maximum atomic E-state index is 12.4. The first-order valence-electron chi connectivity index (χ1n) is 11.0. The number of likely N-dealkylation sites (tertiary alicyclic amines) is 2. The summed E-state index contributed by atoms with van der Waals surface area (Å²) in [5.41, 5.74) is 4.13. The average molecular weight is 383 g/mol. The second-order valence-corrected chi connectivity index (χ2v) is 9.12. The van der Waals surface area contributed by atoms with Gasteiger partial charge in [-0.05, 0) is 54.8 Å². The van der Waals surface area contributed by atoms with Crippen molar-refractivity contribution in [3.63, 3.8) is 0 Å². The Labute approximate surface area is 169 Å². The SMILES string of the molecule is CC(C)C(=O)N1CC2CC=C(c3ccc(CCN4CCC[C@H]4CO)cc3)C2C1. The zero-order valence-electron chi connectivity index (χ0n) is 17.3. The average Bonchev–Trinajstić information content (AvgIpc) is 3.41. The van der Waals surface area contributed by atoms with Crippen LogP contribution in [-0.2, 0) is 11.2 Å². The van der Waals surface area contributed by atoms with Crippen LogP contribution in [0.3, 0.4) is 0 Å². The highest BCUT2D eigenvalue weighted by atomic mass is 16.3. The van der Waals surface area contributed by atoms with Crippen molar-refractivity contribution in [2.45, 2.75) is 45.6 Å². The molecule has 3 aliphatic rings. The molecule has 4 nitrogen and oxygen atoms in total. The van der Waals surface area contributed by atoms with E-state index in [1.165, 1.54) is 23.1 Å². The molecule has 2 heterocycles. The Hall–Kier alpha value is -1.65. The lowest BCUT2D eigenvalue weighted by molar-refractivity contribution is -0.133. The van der Waals surface area contributed by atoms with E-state index < -0.39 is 0 Å². The Morgan fingerprint density at radius 3 is 2.71 bits per heavy atom. The fourth-order valence-electron chi connectivity index (χ4n) is 5.30. The number of carbonyl (C=O) groups is 1. The van der Waals surface area contributed by atoms with Crippen LogP contribution in [0.15, 0.2) is 30.3 Å². The van der Waals surface area contributed by atoms with Crippen molar-refractivity contribution in [1.29, 1.82) is 0 Å². The van der Waals surface area contributed by atoms with Crippen LogP contribution in [0.2, 0.25) is 0 Å². The summed E-state index contributed by atoms with van der Waals surface area (Å²) in [6.45, 7) is 8.23. The van der Waals surface area contributed by atoms with Crippen molar-refractivity contribution >= 4 is 11.5 Å². The predicted octanol–water partition coefficient (Wildman–Crippen LogP) is 3.20. The molecule has 0 radical (unpaired) electrons. The van der Waals surface area contributed by atoms with E-state index in [0.29, 0.717) is 23.8 Å². The minimum Gasteiger partial charge on any atom is -0.395 e. The van der Waals surface area contributed by atoms with E-state index in [4.69, 9.17) is 0 Å². The molecule has 1 amide bonds. The minimum atomic E-state index is 0.0894.